The second-order valence-corrected chi connectivity index (χ2v) is 5.75. The number of hydrogen-bond acceptors (Lipinski definition) is 3. The number of thioether (sulfide) groups is 1. The minimum atomic E-state index is -0.969. The molecule has 0 bridgehead atoms. The first-order valence-electron chi connectivity index (χ1n) is 5.58. The van der Waals surface area contributed by atoms with Gasteiger partial charge < -0.3 is 5.11 Å². The van der Waals surface area contributed by atoms with Crippen LogP contribution in [-0.4, -0.2) is 40.6 Å². The molecule has 0 unspecified atom stereocenters. The first-order valence-corrected chi connectivity index (χ1v) is 7.12. The SMILES string of the molecule is O=C(O)[C@@H](c1cc(F)cc(Cl)c1)N1CCSCC1. The average Bonchev–Trinajstić information content (AvgIpc) is 2.28. The fraction of sp³-hybridized carbons (Fsp3) is 0.417. The van der Waals surface area contributed by atoms with Crippen LogP contribution in [0, 0.1) is 5.82 Å². The number of halogens is 2. The van der Waals surface area contributed by atoms with Crippen LogP contribution in [0.15, 0.2) is 18.2 Å². The normalized spacial score (nSPS) is 18.6. The van der Waals surface area contributed by atoms with Gasteiger partial charge in [0.15, 0.2) is 0 Å². The van der Waals surface area contributed by atoms with Gasteiger partial charge in [0.25, 0.3) is 0 Å². The summed E-state index contributed by atoms with van der Waals surface area (Å²) in [7, 11) is 0. The van der Waals surface area contributed by atoms with Crippen LogP contribution in [0.3, 0.4) is 0 Å². The lowest BCUT2D eigenvalue weighted by Crippen LogP contribution is -2.39. The maximum atomic E-state index is 13.3. The van der Waals surface area contributed by atoms with Gasteiger partial charge in [0.1, 0.15) is 11.9 Å². The van der Waals surface area contributed by atoms with Crippen molar-refractivity contribution in [1.29, 1.82) is 0 Å². The predicted molar refractivity (Wildman–Crippen MR) is 70.7 cm³/mol. The summed E-state index contributed by atoms with van der Waals surface area (Å²) in [6, 6.07) is 3.12. The Hall–Kier alpha value is -0.780. The monoisotopic (exact) mass is 289 g/mol. The second-order valence-electron chi connectivity index (χ2n) is 4.09. The zero-order chi connectivity index (χ0) is 13.1. The molecule has 0 saturated carbocycles. The van der Waals surface area contributed by atoms with Crippen molar-refractivity contribution in [2.45, 2.75) is 6.04 Å². The van der Waals surface area contributed by atoms with Gasteiger partial charge in [-0.3, -0.25) is 9.69 Å². The molecule has 1 saturated heterocycles. The van der Waals surface area contributed by atoms with Crippen LogP contribution in [0.4, 0.5) is 4.39 Å². The number of hydrogen-bond donors (Lipinski definition) is 1. The number of carboxylic acid groups (broad SMARTS) is 1. The molecule has 1 aliphatic rings. The minimum absolute atomic E-state index is 0.225. The van der Waals surface area contributed by atoms with E-state index in [-0.39, 0.29) is 5.02 Å². The first kappa shape index (κ1) is 13.6. The van der Waals surface area contributed by atoms with Gasteiger partial charge in [-0.15, -0.1) is 0 Å². The van der Waals surface area contributed by atoms with E-state index in [2.05, 4.69) is 0 Å². The van der Waals surface area contributed by atoms with Crippen molar-refractivity contribution in [2.24, 2.45) is 0 Å². The lowest BCUT2D eigenvalue weighted by atomic mass is 10.1. The van der Waals surface area contributed by atoms with Gasteiger partial charge >= 0.3 is 5.97 Å². The van der Waals surface area contributed by atoms with Crippen LogP contribution in [0.25, 0.3) is 0 Å². The molecule has 98 valence electrons. The highest BCUT2D eigenvalue weighted by atomic mass is 35.5. The fourth-order valence-corrected chi connectivity index (χ4v) is 3.24. The van der Waals surface area contributed by atoms with Crippen molar-refractivity contribution in [2.75, 3.05) is 24.6 Å². The van der Waals surface area contributed by atoms with Crippen molar-refractivity contribution in [1.82, 2.24) is 4.90 Å². The van der Waals surface area contributed by atoms with E-state index in [0.29, 0.717) is 18.7 Å². The number of benzene rings is 1. The highest BCUT2D eigenvalue weighted by molar-refractivity contribution is 7.99. The molecule has 1 atom stereocenters. The molecule has 1 aliphatic heterocycles. The molecule has 0 spiro atoms. The molecule has 0 amide bonds. The maximum Gasteiger partial charge on any atom is 0.325 e. The van der Waals surface area contributed by atoms with Crippen LogP contribution < -0.4 is 0 Å². The van der Waals surface area contributed by atoms with Crippen LogP contribution in [0.2, 0.25) is 5.02 Å². The Balaban J connectivity index is 2.31. The van der Waals surface area contributed by atoms with E-state index in [0.717, 1.165) is 11.5 Å². The third kappa shape index (κ3) is 3.16. The van der Waals surface area contributed by atoms with Crippen molar-refractivity contribution in [3.63, 3.8) is 0 Å². The Morgan fingerprint density at radius 2 is 2.06 bits per heavy atom. The zero-order valence-electron chi connectivity index (χ0n) is 9.60. The smallest absolute Gasteiger partial charge is 0.325 e. The summed E-state index contributed by atoms with van der Waals surface area (Å²) in [5.41, 5.74) is 0.402. The molecule has 1 aromatic rings. The molecule has 1 fully saturated rings. The van der Waals surface area contributed by atoms with Crippen molar-refractivity contribution >= 4 is 29.3 Å². The Kier molecular flexibility index (Phi) is 4.48. The molecule has 1 aromatic carbocycles. The van der Waals surface area contributed by atoms with Crippen LogP contribution in [0.5, 0.6) is 0 Å². The predicted octanol–water partition coefficient (Wildman–Crippen LogP) is 2.65. The highest BCUT2D eigenvalue weighted by Gasteiger charge is 2.29. The van der Waals surface area contributed by atoms with Crippen LogP contribution in [0.1, 0.15) is 11.6 Å². The summed E-state index contributed by atoms with van der Waals surface area (Å²) in [6.07, 6.45) is 0. The first-order chi connectivity index (χ1) is 8.58. The van der Waals surface area contributed by atoms with Gasteiger partial charge in [-0.2, -0.15) is 11.8 Å². The van der Waals surface area contributed by atoms with E-state index in [4.69, 9.17) is 11.6 Å². The number of carboxylic acids is 1. The molecule has 6 heteroatoms. The molecular weight excluding hydrogens is 277 g/mol. The van der Waals surface area contributed by atoms with Gasteiger partial charge in [0.05, 0.1) is 0 Å². The third-order valence-electron chi connectivity index (χ3n) is 2.85. The topological polar surface area (TPSA) is 40.5 Å². The van der Waals surface area contributed by atoms with Crippen molar-refractivity contribution in [3.05, 3.63) is 34.6 Å². The van der Waals surface area contributed by atoms with E-state index in [1.165, 1.54) is 18.2 Å². The molecule has 0 aliphatic carbocycles. The standard InChI is InChI=1S/C12H13ClFNO2S/c13-9-5-8(6-10(14)7-9)11(12(16)17)15-1-3-18-4-2-15/h5-7,11H,1-4H2,(H,16,17)/t11-/m1/s1. The maximum absolute atomic E-state index is 13.3. The summed E-state index contributed by atoms with van der Waals surface area (Å²) >= 11 is 7.58. The fourth-order valence-electron chi connectivity index (χ4n) is 2.08. The highest BCUT2D eigenvalue weighted by Crippen LogP contribution is 2.27. The molecule has 3 nitrogen and oxygen atoms in total. The van der Waals surface area contributed by atoms with Gasteiger partial charge in [0, 0.05) is 29.6 Å². The Labute approximate surface area is 114 Å². The lowest BCUT2D eigenvalue weighted by molar-refractivity contribution is -0.143. The van der Waals surface area contributed by atoms with E-state index in [1.54, 1.807) is 11.8 Å². The Bertz CT molecular complexity index is 431. The quantitative estimate of drug-likeness (QED) is 0.929. The average molecular weight is 290 g/mol. The zero-order valence-corrected chi connectivity index (χ0v) is 11.2. The number of nitrogens with zero attached hydrogens (tertiary/aromatic N) is 1. The summed E-state index contributed by atoms with van der Waals surface area (Å²) in [5.74, 6) is 0.318. The minimum Gasteiger partial charge on any atom is -0.480 e. The van der Waals surface area contributed by atoms with E-state index in [1.807, 2.05) is 4.90 Å². The number of carbonyl (C=O) groups is 1. The second kappa shape index (κ2) is 5.91. The molecular formula is C12H13ClFNO2S. The summed E-state index contributed by atoms with van der Waals surface area (Å²) in [6.45, 7) is 1.38. The van der Waals surface area contributed by atoms with Crippen LogP contribution >= 0.6 is 23.4 Å². The molecule has 1 N–H and O–H groups in total. The lowest BCUT2D eigenvalue weighted by Gasteiger charge is -2.32. The van der Waals surface area contributed by atoms with E-state index in [9.17, 15) is 14.3 Å². The van der Waals surface area contributed by atoms with Crippen molar-refractivity contribution < 1.29 is 14.3 Å². The van der Waals surface area contributed by atoms with Gasteiger partial charge in [-0.25, -0.2) is 4.39 Å². The van der Waals surface area contributed by atoms with Gasteiger partial charge in [0.2, 0.25) is 0 Å². The Morgan fingerprint density at radius 3 is 2.61 bits per heavy atom. The summed E-state index contributed by atoms with van der Waals surface area (Å²) < 4.78 is 13.3. The molecule has 1 heterocycles. The largest absolute Gasteiger partial charge is 0.480 e. The van der Waals surface area contributed by atoms with E-state index < -0.39 is 17.8 Å². The summed E-state index contributed by atoms with van der Waals surface area (Å²) in [5, 5.41) is 9.57. The molecule has 18 heavy (non-hydrogen) atoms. The third-order valence-corrected chi connectivity index (χ3v) is 4.01. The molecule has 0 radical (unpaired) electrons. The van der Waals surface area contributed by atoms with Gasteiger partial charge in [-0.1, -0.05) is 11.6 Å². The van der Waals surface area contributed by atoms with Crippen LogP contribution in [-0.2, 0) is 4.79 Å². The van der Waals surface area contributed by atoms with E-state index >= 15 is 0 Å². The Morgan fingerprint density at radius 1 is 1.39 bits per heavy atom. The van der Waals surface area contributed by atoms with Crippen molar-refractivity contribution in [3.8, 4) is 0 Å². The summed E-state index contributed by atoms with van der Waals surface area (Å²) in [4.78, 5) is 13.3. The number of rotatable bonds is 3. The molecule has 0 aromatic heterocycles. The van der Waals surface area contributed by atoms with Gasteiger partial charge in [-0.05, 0) is 23.8 Å². The molecule has 2 rings (SSSR count). The number of aliphatic carboxylic acids is 1.